The summed E-state index contributed by atoms with van der Waals surface area (Å²) in [7, 11) is 4.26. The highest BCUT2D eigenvalue weighted by Crippen LogP contribution is 2.28. The second-order valence-electron chi connectivity index (χ2n) is 6.82. The average Bonchev–Trinajstić information content (AvgIpc) is 3.39. The van der Waals surface area contributed by atoms with Crippen LogP contribution in [0, 0.1) is 11.8 Å². The van der Waals surface area contributed by atoms with Crippen LogP contribution in [-0.4, -0.2) is 63.1 Å². The minimum atomic E-state index is 0. The lowest BCUT2D eigenvalue weighted by Gasteiger charge is -2.30. The molecular weight excluding hydrogens is 429 g/mol. The van der Waals surface area contributed by atoms with Crippen molar-refractivity contribution in [3.05, 3.63) is 0 Å². The van der Waals surface area contributed by atoms with E-state index >= 15 is 0 Å². The SMILES string of the molecule is CCNC(=NCC(C(CC)CC)N(C)C)NCCNC(=O)C1CC1.I. The topological polar surface area (TPSA) is 68.8 Å². The number of amides is 1. The number of hydrogen-bond acceptors (Lipinski definition) is 3. The smallest absolute Gasteiger partial charge is 0.223 e. The van der Waals surface area contributed by atoms with Crippen LogP contribution in [0.25, 0.3) is 0 Å². The summed E-state index contributed by atoms with van der Waals surface area (Å²) in [6.45, 7) is 9.52. The first-order chi connectivity index (χ1) is 11.5. The van der Waals surface area contributed by atoms with E-state index in [2.05, 4.69) is 55.7 Å². The van der Waals surface area contributed by atoms with Crippen molar-refractivity contribution in [3.63, 3.8) is 0 Å². The molecule has 3 N–H and O–H groups in total. The number of guanidine groups is 1. The average molecular weight is 467 g/mol. The second-order valence-corrected chi connectivity index (χ2v) is 6.82. The van der Waals surface area contributed by atoms with E-state index in [1.165, 1.54) is 12.8 Å². The van der Waals surface area contributed by atoms with Gasteiger partial charge in [-0.25, -0.2) is 0 Å². The van der Waals surface area contributed by atoms with Crippen LogP contribution in [-0.2, 0) is 4.79 Å². The number of aliphatic imine (C=N–C) groups is 1. The Kier molecular flexibility index (Phi) is 13.3. The molecule has 0 radical (unpaired) electrons. The van der Waals surface area contributed by atoms with Crippen molar-refractivity contribution in [2.45, 2.75) is 52.5 Å². The van der Waals surface area contributed by atoms with E-state index in [4.69, 9.17) is 4.99 Å². The Hall–Kier alpha value is -0.570. The molecule has 1 fully saturated rings. The van der Waals surface area contributed by atoms with Crippen LogP contribution in [0.5, 0.6) is 0 Å². The number of nitrogens with one attached hydrogen (secondary N) is 3. The van der Waals surface area contributed by atoms with Gasteiger partial charge in [-0.05, 0) is 39.8 Å². The third-order valence-corrected chi connectivity index (χ3v) is 4.70. The lowest BCUT2D eigenvalue weighted by Crippen LogP contribution is -2.43. The number of rotatable bonds is 11. The number of hydrogen-bond donors (Lipinski definition) is 3. The number of halogens is 1. The van der Waals surface area contributed by atoms with E-state index in [1.807, 2.05) is 0 Å². The molecule has 1 atom stereocenters. The molecule has 0 heterocycles. The Morgan fingerprint density at radius 1 is 1.08 bits per heavy atom. The van der Waals surface area contributed by atoms with E-state index in [9.17, 15) is 4.79 Å². The van der Waals surface area contributed by atoms with Crippen LogP contribution in [0.4, 0.5) is 0 Å². The van der Waals surface area contributed by atoms with Gasteiger partial charge in [0.1, 0.15) is 0 Å². The minimum Gasteiger partial charge on any atom is -0.357 e. The van der Waals surface area contributed by atoms with Gasteiger partial charge in [-0.3, -0.25) is 9.79 Å². The van der Waals surface area contributed by atoms with Crippen LogP contribution >= 0.6 is 24.0 Å². The fraction of sp³-hybridized carbons (Fsp3) is 0.889. The third-order valence-electron chi connectivity index (χ3n) is 4.70. The summed E-state index contributed by atoms with van der Waals surface area (Å²) < 4.78 is 0. The molecule has 0 aromatic rings. The quantitative estimate of drug-likeness (QED) is 0.188. The van der Waals surface area contributed by atoms with Gasteiger partial charge in [0, 0.05) is 31.6 Å². The highest BCUT2D eigenvalue weighted by Gasteiger charge is 2.29. The van der Waals surface area contributed by atoms with E-state index in [0.717, 1.165) is 31.9 Å². The zero-order valence-electron chi connectivity index (χ0n) is 16.6. The number of carbonyl (C=O) groups excluding carboxylic acids is 1. The summed E-state index contributed by atoms with van der Waals surface area (Å²) in [4.78, 5) is 18.7. The summed E-state index contributed by atoms with van der Waals surface area (Å²) in [6, 6.07) is 0.449. The molecule has 1 aliphatic carbocycles. The number of carbonyl (C=O) groups is 1. The molecule has 148 valence electrons. The van der Waals surface area contributed by atoms with Crippen molar-refractivity contribution in [1.82, 2.24) is 20.9 Å². The molecule has 7 heteroatoms. The molecule has 1 rings (SSSR count). The van der Waals surface area contributed by atoms with Gasteiger partial charge >= 0.3 is 0 Å². The van der Waals surface area contributed by atoms with Crippen LogP contribution in [0.2, 0.25) is 0 Å². The maximum Gasteiger partial charge on any atom is 0.223 e. The summed E-state index contributed by atoms with van der Waals surface area (Å²) in [6.07, 6.45) is 4.44. The normalized spacial score (nSPS) is 15.7. The summed E-state index contributed by atoms with van der Waals surface area (Å²) >= 11 is 0. The van der Waals surface area contributed by atoms with E-state index in [1.54, 1.807) is 0 Å². The highest BCUT2D eigenvalue weighted by atomic mass is 127. The monoisotopic (exact) mass is 467 g/mol. The Morgan fingerprint density at radius 2 is 1.68 bits per heavy atom. The molecular formula is C18H38IN5O. The van der Waals surface area contributed by atoms with Gasteiger partial charge in [0.15, 0.2) is 5.96 Å². The molecule has 1 saturated carbocycles. The van der Waals surface area contributed by atoms with Crippen LogP contribution in [0.3, 0.4) is 0 Å². The van der Waals surface area contributed by atoms with Gasteiger partial charge in [-0.15, -0.1) is 24.0 Å². The van der Waals surface area contributed by atoms with Crippen molar-refractivity contribution in [2.24, 2.45) is 16.8 Å². The molecule has 0 aliphatic heterocycles. The first-order valence-corrected chi connectivity index (χ1v) is 9.49. The lowest BCUT2D eigenvalue weighted by molar-refractivity contribution is -0.122. The lowest BCUT2D eigenvalue weighted by atomic mass is 9.93. The van der Waals surface area contributed by atoms with Crippen molar-refractivity contribution in [3.8, 4) is 0 Å². The maximum atomic E-state index is 11.6. The van der Waals surface area contributed by atoms with E-state index in [0.29, 0.717) is 25.0 Å². The molecule has 0 bridgehead atoms. The summed E-state index contributed by atoms with van der Waals surface area (Å²) in [5.41, 5.74) is 0. The van der Waals surface area contributed by atoms with E-state index in [-0.39, 0.29) is 35.8 Å². The second kappa shape index (κ2) is 13.6. The molecule has 0 saturated heterocycles. The Labute approximate surface area is 171 Å². The van der Waals surface area contributed by atoms with Crippen molar-refractivity contribution in [1.29, 1.82) is 0 Å². The fourth-order valence-electron chi connectivity index (χ4n) is 2.95. The standard InChI is InChI=1S/C18H37N5O.HI/c1-6-14(7-2)16(23(4)5)13-22-18(19-8-3)21-12-11-20-17(24)15-9-10-15;/h14-16H,6-13H2,1-5H3,(H,20,24)(H2,19,21,22);1H. The van der Waals surface area contributed by atoms with Gasteiger partial charge in [0.2, 0.25) is 5.91 Å². The molecule has 1 aliphatic rings. The van der Waals surface area contributed by atoms with Gasteiger partial charge in [-0.1, -0.05) is 26.7 Å². The Bertz CT molecular complexity index is 395. The molecule has 1 amide bonds. The van der Waals surface area contributed by atoms with Crippen LogP contribution in [0.15, 0.2) is 4.99 Å². The zero-order chi connectivity index (χ0) is 17.9. The first-order valence-electron chi connectivity index (χ1n) is 9.49. The number of likely N-dealkylation sites (N-methyl/N-ethyl adjacent to an activating group) is 1. The molecule has 25 heavy (non-hydrogen) atoms. The van der Waals surface area contributed by atoms with Crippen molar-refractivity contribution < 1.29 is 4.79 Å². The largest absolute Gasteiger partial charge is 0.357 e. The fourth-order valence-corrected chi connectivity index (χ4v) is 2.95. The van der Waals surface area contributed by atoms with Gasteiger partial charge in [-0.2, -0.15) is 0 Å². The first kappa shape index (κ1) is 24.4. The van der Waals surface area contributed by atoms with E-state index < -0.39 is 0 Å². The highest BCUT2D eigenvalue weighted by molar-refractivity contribution is 14.0. The van der Waals surface area contributed by atoms with Crippen molar-refractivity contribution in [2.75, 3.05) is 40.3 Å². The Morgan fingerprint density at radius 3 is 2.16 bits per heavy atom. The molecule has 0 aromatic carbocycles. The minimum absolute atomic E-state index is 0. The zero-order valence-corrected chi connectivity index (χ0v) is 18.9. The van der Waals surface area contributed by atoms with Crippen LogP contribution in [0.1, 0.15) is 46.5 Å². The molecule has 1 unspecified atom stereocenters. The molecule has 0 spiro atoms. The predicted octanol–water partition coefficient (Wildman–Crippen LogP) is 2.05. The summed E-state index contributed by atoms with van der Waals surface area (Å²) in [5.74, 6) is 1.95. The summed E-state index contributed by atoms with van der Waals surface area (Å²) in [5, 5.41) is 9.56. The number of nitrogens with zero attached hydrogens (tertiary/aromatic N) is 2. The Balaban J connectivity index is 0.00000576. The van der Waals surface area contributed by atoms with Gasteiger partial charge < -0.3 is 20.9 Å². The maximum absolute atomic E-state index is 11.6. The van der Waals surface area contributed by atoms with Crippen LogP contribution < -0.4 is 16.0 Å². The van der Waals surface area contributed by atoms with Gasteiger partial charge in [0.25, 0.3) is 0 Å². The van der Waals surface area contributed by atoms with Crippen molar-refractivity contribution >= 4 is 35.8 Å². The predicted molar refractivity (Wildman–Crippen MR) is 117 cm³/mol. The molecule has 0 aromatic heterocycles. The molecule has 6 nitrogen and oxygen atoms in total. The third kappa shape index (κ3) is 9.63. The van der Waals surface area contributed by atoms with Gasteiger partial charge in [0.05, 0.1) is 6.54 Å².